The second-order valence-corrected chi connectivity index (χ2v) is 6.35. The first-order chi connectivity index (χ1) is 14.7. The summed E-state index contributed by atoms with van der Waals surface area (Å²) in [6.45, 7) is 0.399. The average Bonchev–Trinajstić information content (AvgIpc) is 3.47. The van der Waals surface area contributed by atoms with E-state index in [1.54, 1.807) is 50.6 Å². The lowest BCUT2D eigenvalue weighted by Crippen LogP contribution is -2.17. The zero-order chi connectivity index (χ0) is 20.9. The van der Waals surface area contributed by atoms with E-state index in [4.69, 9.17) is 13.9 Å². The van der Waals surface area contributed by atoms with E-state index >= 15 is 0 Å². The molecule has 30 heavy (non-hydrogen) atoms. The maximum absolute atomic E-state index is 13.1. The van der Waals surface area contributed by atoms with E-state index in [2.05, 4.69) is 15.4 Å². The molecule has 0 radical (unpaired) electrons. The van der Waals surface area contributed by atoms with Crippen molar-refractivity contribution in [2.75, 3.05) is 19.5 Å². The lowest BCUT2D eigenvalue weighted by Gasteiger charge is -2.10. The number of ether oxygens (including phenoxy) is 2. The lowest BCUT2D eigenvalue weighted by molar-refractivity contribution is 0.0947. The summed E-state index contributed by atoms with van der Waals surface area (Å²) in [5.41, 5.74) is 1.37. The topological polar surface area (TPSA) is 91.4 Å². The van der Waals surface area contributed by atoms with Gasteiger partial charge in [0.2, 0.25) is 11.8 Å². The quantitative estimate of drug-likeness (QED) is 0.500. The van der Waals surface area contributed by atoms with Gasteiger partial charge in [-0.05, 0) is 42.5 Å². The predicted molar refractivity (Wildman–Crippen MR) is 111 cm³/mol. The van der Waals surface area contributed by atoms with Crippen LogP contribution in [0, 0.1) is 0 Å². The Labute approximate surface area is 173 Å². The Morgan fingerprint density at radius 3 is 2.53 bits per heavy atom. The van der Waals surface area contributed by atoms with Crippen LogP contribution in [0.15, 0.2) is 71.3 Å². The number of benzene rings is 2. The summed E-state index contributed by atoms with van der Waals surface area (Å²) in [6.07, 6.45) is 1.53. The van der Waals surface area contributed by atoms with Crippen molar-refractivity contribution in [3.05, 3.63) is 78.1 Å². The van der Waals surface area contributed by atoms with Crippen molar-refractivity contribution in [1.29, 1.82) is 0 Å². The van der Waals surface area contributed by atoms with Gasteiger partial charge in [0.25, 0.3) is 5.91 Å². The fraction of sp³-hybridized carbons (Fsp3) is 0.136. The number of carbonyl (C=O) groups excluding carboxylic acids is 1. The maximum atomic E-state index is 13.1. The maximum Gasteiger partial charge on any atom is 0.281 e. The van der Waals surface area contributed by atoms with Crippen LogP contribution in [-0.2, 0) is 6.54 Å². The first kappa shape index (κ1) is 19.3. The van der Waals surface area contributed by atoms with E-state index in [-0.39, 0.29) is 5.91 Å². The number of nitrogens with zero attached hydrogens (tertiary/aromatic N) is 3. The van der Waals surface area contributed by atoms with Crippen LogP contribution < -0.4 is 14.8 Å². The number of nitrogens with one attached hydrogen (secondary N) is 1. The first-order valence-electron chi connectivity index (χ1n) is 9.25. The van der Waals surface area contributed by atoms with Crippen LogP contribution in [-0.4, -0.2) is 34.9 Å². The van der Waals surface area contributed by atoms with Crippen molar-refractivity contribution in [2.24, 2.45) is 0 Å². The first-order valence-corrected chi connectivity index (χ1v) is 9.25. The van der Waals surface area contributed by atoms with Crippen LogP contribution >= 0.6 is 0 Å². The van der Waals surface area contributed by atoms with Crippen LogP contribution in [0.5, 0.6) is 11.5 Å². The Morgan fingerprint density at radius 2 is 1.83 bits per heavy atom. The number of carbonyl (C=O) groups is 1. The summed E-state index contributed by atoms with van der Waals surface area (Å²) < 4.78 is 17.2. The van der Waals surface area contributed by atoms with E-state index < -0.39 is 0 Å². The van der Waals surface area contributed by atoms with Crippen molar-refractivity contribution in [3.63, 3.8) is 0 Å². The molecule has 0 saturated heterocycles. The molecule has 0 unspecified atom stereocenters. The van der Waals surface area contributed by atoms with Crippen LogP contribution in [0.4, 0.5) is 5.95 Å². The Kier molecular flexibility index (Phi) is 5.47. The van der Waals surface area contributed by atoms with Gasteiger partial charge < -0.3 is 19.2 Å². The molecule has 8 nitrogen and oxygen atoms in total. The molecule has 2 heterocycles. The fourth-order valence-electron chi connectivity index (χ4n) is 2.96. The number of aromatic nitrogens is 3. The lowest BCUT2D eigenvalue weighted by atomic mass is 10.2. The van der Waals surface area contributed by atoms with Crippen LogP contribution in [0.2, 0.25) is 0 Å². The van der Waals surface area contributed by atoms with Gasteiger partial charge >= 0.3 is 0 Å². The summed E-state index contributed by atoms with van der Waals surface area (Å²) in [7, 11) is 3.19. The van der Waals surface area contributed by atoms with Gasteiger partial charge in [0, 0.05) is 17.7 Å². The van der Waals surface area contributed by atoms with E-state index in [0.29, 0.717) is 35.4 Å². The molecule has 4 aromatic rings. The molecule has 0 atom stereocenters. The molecule has 1 N–H and O–H groups in total. The monoisotopic (exact) mass is 404 g/mol. The van der Waals surface area contributed by atoms with Crippen LogP contribution in [0.1, 0.15) is 15.9 Å². The highest BCUT2D eigenvalue weighted by Crippen LogP contribution is 2.22. The number of hydrogen-bond acceptors (Lipinski definition) is 7. The molecule has 2 aromatic heterocycles. The van der Waals surface area contributed by atoms with E-state index in [1.807, 2.05) is 24.3 Å². The molecule has 152 valence electrons. The van der Waals surface area contributed by atoms with Gasteiger partial charge in [-0.3, -0.25) is 4.79 Å². The molecule has 8 heteroatoms. The van der Waals surface area contributed by atoms with Crippen molar-refractivity contribution >= 4 is 11.9 Å². The van der Waals surface area contributed by atoms with E-state index in [0.717, 1.165) is 11.3 Å². The number of furan rings is 1. The van der Waals surface area contributed by atoms with Gasteiger partial charge in [-0.15, -0.1) is 5.10 Å². The van der Waals surface area contributed by atoms with Gasteiger partial charge in [0.1, 0.15) is 11.5 Å². The Morgan fingerprint density at radius 1 is 1.03 bits per heavy atom. The average molecular weight is 404 g/mol. The van der Waals surface area contributed by atoms with E-state index in [9.17, 15) is 4.79 Å². The van der Waals surface area contributed by atoms with Crippen molar-refractivity contribution in [3.8, 4) is 23.1 Å². The molecule has 4 rings (SSSR count). The Balaban J connectivity index is 1.66. The summed E-state index contributed by atoms with van der Waals surface area (Å²) in [6, 6.07) is 17.9. The Bertz CT molecular complexity index is 1130. The molecule has 0 aliphatic heterocycles. The molecule has 0 amide bonds. The predicted octanol–water partition coefficient (Wildman–Crippen LogP) is 3.86. The number of para-hydroxylation sites is 1. The second kappa shape index (κ2) is 8.52. The van der Waals surface area contributed by atoms with Gasteiger partial charge in [-0.2, -0.15) is 9.67 Å². The summed E-state index contributed by atoms with van der Waals surface area (Å²) in [5.74, 6) is 2.15. The van der Waals surface area contributed by atoms with Crippen molar-refractivity contribution < 1.29 is 18.7 Å². The Hall–Kier alpha value is -4.07. The SMILES string of the molecule is COc1ccc(C(=O)n2nc(-c3ccco3)nc2NCc2ccccc2OC)cc1. The summed E-state index contributed by atoms with van der Waals surface area (Å²) in [5, 5.41) is 7.55. The third-order valence-corrected chi connectivity index (χ3v) is 4.51. The van der Waals surface area contributed by atoms with Gasteiger partial charge in [0.15, 0.2) is 5.76 Å². The number of hydrogen-bond donors (Lipinski definition) is 1. The largest absolute Gasteiger partial charge is 0.497 e. The molecule has 0 aliphatic carbocycles. The zero-order valence-electron chi connectivity index (χ0n) is 16.5. The highest BCUT2D eigenvalue weighted by atomic mass is 16.5. The minimum atomic E-state index is -0.328. The van der Waals surface area contributed by atoms with Gasteiger partial charge in [-0.1, -0.05) is 18.2 Å². The van der Waals surface area contributed by atoms with Crippen LogP contribution in [0.3, 0.4) is 0 Å². The van der Waals surface area contributed by atoms with Gasteiger partial charge in [-0.25, -0.2) is 0 Å². The third-order valence-electron chi connectivity index (χ3n) is 4.51. The number of methoxy groups -OCH3 is 2. The smallest absolute Gasteiger partial charge is 0.281 e. The highest BCUT2D eigenvalue weighted by Gasteiger charge is 2.20. The molecule has 0 saturated carbocycles. The highest BCUT2D eigenvalue weighted by molar-refractivity contribution is 5.97. The molecular weight excluding hydrogens is 384 g/mol. The minimum absolute atomic E-state index is 0.299. The standard InChI is InChI=1S/C22H20N4O4/c1-28-17-11-9-15(10-12-17)21(27)26-22(24-20(25-26)19-8-5-13-30-19)23-14-16-6-3-4-7-18(16)29-2/h3-13H,14H2,1-2H3,(H,23,24,25). The van der Waals surface area contributed by atoms with Crippen molar-refractivity contribution in [1.82, 2.24) is 14.8 Å². The minimum Gasteiger partial charge on any atom is -0.497 e. The number of rotatable bonds is 7. The normalized spacial score (nSPS) is 10.6. The van der Waals surface area contributed by atoms with Crippen LogP contribution in [0.25, 0.3) is 11.6 Å². The number of anilines is 1. The fourth-order valence-corrected chi connectivity index (χ4v) is 2.96. The van der Waals surface area contributed by atoms with E-state index in [1.165, 1.54) is 10.9 Å². The zero-order valence-corrected chi connectivity index (χ0v) is 16.5. The molecule has 0 aliphatic rings. The van der Waals surface area contributed by atoms with Gasteiger partial charge in [0.05, 0.1) is 20.5 Å². The molecule has 2 aromatic carbocycles. The van der Waals surface area contributed by atoms with Crippen molar-refractivity contribution in [2.45, 2.75) is 6.54 Å². The molecular formula is C22H20N4O4. The molecule has 0 bridgehead atoms. The third kappa shape index (κ3) is 3.88. The summed E-state index contributed by atoms with van der Waals surface area (Å²) >= 11 is 0. The molecule has 0 fully saturated rings. The molecule has 0 spiro atoms. The second-order valence-electron chi connectivity index (χ2n) is 6.35. The summed E-state index contributed by atoms with van der Waals surface area (Å²) in [4.78, 5) is 17.6.